The lowest BCUT2D eigenvalue weighted by atomic mass is 10.3. The second kappa shape index (κ2) is 14.1. The van der Waals surface area contributed by atoms with E-state index in [0.29, 0.717) is 12.4 Å². The average molecular weight is 580 g/mol. The van der Waals surface area contributed by atoms with E-state index in [4.69, 9.17) is 25.2 Å². The van der Waals surface area contributed by atoms with Crippen molar-refractivity contribution in [2.24, 2.45) is 0 Å². The van der Waals surface area contributed by atoms with Gasteiger partial charge in [-0.05, 0) is 42.8 Å². The SMILES string of the molecule is C#Cc1cn(C2C=CC(OCP(NCC(=O)OCCCCC)Oc3ccc(Br)cc3)O2)c(=O)[nH]c1=O. The summed E-state index contributed by atoms with van der Waals surface area (Å²) in [6.45, 7) is 2.42. The minimum Gasteiger partial charge on any atom is -0.465 e. The predicted octanol–water partition coefficient (Wildman–Crippen LogP) is 3.38. The highest BCUT2D eigenvalue weighted by Crippen LogP contribution is 2.36. The standard InChI is InChI=1S/C24H27BrN3O7P/c1-3-5-6-13-32-21(29)14-26-36(35-19-9-7-18(25)8-10-19)16-33-22-12-11-20(34-22)28-15-17(4-2)23(30)27-24(28)31/h2,7-12,15,20,22,26H,3,5-6,13-14,16H2,1H3,(H,27,30,31). The van der Waals surface area contributed by atoms with Crippen LogP contribution in [0.3, 0.4) is 0 Å². The second-order valence-electron chi connectivity index (χ2n) is 7.62. The number of nitrogens with one attached hydrogen (secondary N) is 2. The van der Waals surface area contributed by atoms with Gasteiger partial charge in [0.1, 0.15) is 24.2 Å². The molecule has 1 aliphatic rings. The van der Waals surface area contributed by atoms with E-state index in [1.54, 1.807) is 24.3 Å². The number of hydrogen-bond acceptors (Lipinski definition) is 8. The monoisotopic (exact) mass is 579 g/mol. The highest BCUT2D eigenvalue weighted by atomic mass is 79.9. The summed E-state index contributed by atoms with van der Waals surface area (Å²) in [5, 5.41) is 3.06. The van der Waals surface area contributed by atoms with Gasteiger partial charge in [-0.3, -0.25) is 24.2 Å². The lowest BCUT2D eigenvalue weighted by Crippen LogP contribution is -2.33. The van der Waals surface area contributed by atoms with Crippen LogP contribution in [0.15, 0.2) is 56.7 Å². The number of halogens is 1. The number of aromatic amines is 1. The Kier molecular flexibility index (Phi) is 10.9. The molecule has 3 rings (SSSR count). The van der Waals surface area contributed by atoms with E-state index in [-0.39, 0.29) is 24.4 Å². The molecule has 3 atom stereocenters. The van der Waals surface area contributed by atoms with Gasteiger partial charge in [0.2, 0.25) is 0 Å². The molecule has 0 bridgehead atoms. The zero-order valence-electron chi connectivity index (χ0n) is 19.6. The van der Waals surface area contributed by atoms with Crippen molar-refractivity contribution in [3.63, 3.8) is 0 Å². The zero-order valence-corrected chi connectivity index (χ0v) is 22.1. The molecule has 0 amide bonds. The van der Waals surface area contributed by atoms with E-state index in [1.165, 1.54) is 10.8 Å². The Balaban J connectivity index is 1.57. The van der Waals surface area contributed by atoms with Gasteiger partial charge in [0.05, 0.1) is 6.61 Å². The molecule has 2 heterocycles. The number of terminal acetylenes is 1. The molecule has 36 heavy (non-hydrogen) atoms. The largest absolute Gasteiger partial charge is 0.465 e. The third kappa shape index (κ3) is 8.43. The summed E-state index contributed by atoms with van der Waals surface area (Å²) in [7, 11) is -1.45. The van der Waals surface area contributed by atoms with Crippen LogP contribution in [0.1, 0.15) is 38.0 Å². The fraction of sp³-hybridized carbons (Fsp3) is 0.375. The van der Waals surface area contributed by atoms with Gasteiger partial charge in [0, 0.05) is 10.7 Å². The predicted molar refractivity (Wildman–Crippen MR) is 138 cm³/mol. The first-order chi connectivity index (χ1) is 17.4. The van der Waals surface area contributed by atoms with Gasteiger partial charge in [-0.15, -0.1) is 6.42 Å². The smallest absolute Gasteiger partial charge is 0.330 e. The van der Waals surface area contributed by atoms with E-state index in [2.05, 4.69) is 38.8 Å². The molecule has 192 valence electrons. The maximum absolute atomic E-state index is 12.2. The van der Waals surface area contributed by atoms with E-state index < -0.39 is 32.1 Å². The van der Waals surface area contributed by atoms with Gasteiger partial charge >= 0.3 is 11.7 Å². The molecule has 1 aromatic heterocycles. The summed E-state index contributed by atoms with van der Waals surface area (Å²) in [6.07, 6.45) is 11.2. The zero-order chi connectivity index (χ0) is 25.9. The number of H-pyrrole nitrogens is 1. The van der Waals surface area contributed by atoms with Crippen LogP contribution in [-0.4, -0.2) is 41.3 Å². The maximum atomic E-state index is 12.2. The molecule has 1 aromatic carbocycles. The van der Waals surface area contributed by atoms with Crippen molar-refractivity contribution in [1.29, 1.82) is 0 Å². The third-order valence-corrected chi connectivity index (χ3v) is 6.75. The number of aromatic nitrogens is 2. The Morgan fingerprint density at radius 3 is 2.78 bits per heavy atom. The van der Waals surface area contributed by atoms with E-state index in [1.807, 2.05) is 12.1 Å². The number of hydrogen-bond donors (Lipinski definition) is 2. The molecule has 2 N–H and O–H groups in total. The number of unbranched alkanes of at least 4 members (excludes halogenated alkanes) is 2. The molecule has 0 aliphatic carbocycles. The number of ether oxygens (including phenoxy) is 3. The first-order valence-corrected chi connectivity index (χ1v) is 13.5. The minimum absolute atomic E-state index is 0.00756. The Morgan fingerprint density at radius 2 is 2.06 bits per heavy atom. The lowest BCUT2D eigenvalue weighted by molar-refractivity contribution is -0.142. The van der Waals surface area contributed by atoms with E-state index in [0.717, 1.165) is 23.7 Å². The van der Waals surface area contributed by atoms with Gasteiger partial charge in [-0.25, -0.2) is 4.79 Å². The average Bonchev–Trinajstić information content (AvgIpc) is 3.33. The van der Waals surface area contributed by atoms with E-state index >= 15 is 0 Å². The van der Waals surface area contributed by atoms with E-state index in [9.17, 15) is 14.4 Å². The van der Waals surface area contributed by atoms with Crippen LogP contribution in [-0.2, 0) is 19.0 Å². The topological polar surface area (TPSA) is 121 Å². The Morgan fingerprint density at radius 1 is 1.28 bits per heavy atom. The summed E-state index contributed by atoms with van der Waals surface area (Å²) in [5.41, 5.74) is -1.29. The van der Waals surface area contributed by atoms with Gasteiger partial charge < -0.3 is 18.7 Å². The van der Waals surface area contributed by atoms with Crippen LogP contribution in [0.25, 0.3) is 0 Å². The fourth-order valence-corrected chi connectivity index (χ4v) is 4.49. The van der Waals surface area contributed by atoms with Crippen LogP contribution in [0.5, 0.6) is 5.75 Å². The third-order valence-electron chi connectivity index (χ3n) is 4.90. The van der Waals surface area contributed by atoms with Crippen molar-refractivity contribution in [3.05, 3.63) is 73.5 Å². The van der Waals surface area contributed by atoms with Crippen LogP contribution in [0.4, 0.5) is 0 Å². The van der Waals surface area contributed by atoms with Gasteiger partial charge in [-0.1, -0.05) is 41.6 Å². The first-order valence-electron chi connectivity index (χ1n) is 11.3. The number of carbonyl (C=O) groups is 1. The summed E-state index contributed by atoms with van der Waals surface area (Å²) in [5.74, 6) is 2.45. The lowest BCUT2D eigenvalue weighted by Gasteiger charge is -2.22. The number of rotatable bonds is 13. The molecule has 12 heteroatoms. The molecular weight excluding hydrogens is 553 g/mol. The number of carbonyl (C=O) groups excluding carboxylic acids is 1. The Bertz CT molecular complexity index is 1210. The number of benzene rings is 1. The van der Waals surface area contributed by atoms with Crippen molar-refractivity contribution >= 4 is 30.2 Å². The highest BCUT2D eigenvalue weighted by molar-refractivity contribution is 9.10. The Labute approximate surface area is 218 Å². The van der Waals surface area contributed by atoms with Crippen molar-refractivity contribution < 1.29 is 23.5 Å². The van der Waals surface area contributed by atoms with Crippen molar-refractivity contribution in [2.75, 3.05) is 19.5 Å². The summed E-state index contributed by atoms with van der Waals surface area (Å²) in [6, 6.07) is 7.26. The molecular formula is C24H27BrN3O7P. The molecule has 0 spiro atoms. The van der Waals surface area contributed by atoms with Gasteiger partial charge in [-0.2, -0.15) is 0 Å². The summed E-state index contributed by atoms with van der Waals surface area (Å²) in [4.78, 5) is 38.1. The van der Waals surface area contributed by atoms with Gasteiger partial charge in [0.25, 0.3) is 5.56 Å². The molecule has 2 aromatic rings. The maximum Gasteiger partial charge on any atom is 0.330 e. The van der Waals surface area contributed by atoms with Crippen LogP contribution < -0.4 is 20.9 Å². The molecule has 3 unspecified atom stereocenters. The first kappa shape index (κ1) is 27.8. The fourth-order valence-electron chi connectivity index (χ4n) is 3.05. The van der Waals surface area contributed by atoms with Gasteiger partial charge in [0.15, 0.2) is 20.8 Å². The molecule has 0 saturated carbocycles. The molecule has 0 saturated heterocycles. The molecule has 10 nitrogen and oxygen atoms in total. The van der Waals surface area contributed by atoms with Crippen LogP contribution in [0, 0.1) is 12.3 Å². The van der Waals surface area contributed by atoms with Crippen molar-refractivity contribution in [2.45, 2.75) is 38.7 Å². The Hall–Kier alpha value is -2.74. The molecule has 1 aliphatic heterocycles. The quantitative estimate of drug-likeness (QED) is 0.122. The normalized spacial score (nSPS) is 17.5. The summed E-state index contributed by atoms with van der Waals surface area (Å²) >= 11 is 3.38. The highest BCUT2D eigenvalue weighted by Gasteiger charge is 2.25. The summed E-state index contributed by atoms with van der Waals surface area (Å²) < 4.78 is 24.9. The van der Waals surface area contributed by atoms with Crippen LogP contribution >= 0.6 is 24.2 Å². The minimum atomic E-state index is -1.45. The van der Waals surface area contributed by atoms with Crippen molar-refractivity contribution in [1.82, 2.24) is 14.6 Å². The number of nitrogens with zero attached hydrogens (tertiary/aromatic N) is 1. The molecule has 0 fully saturated rings. The molecule has 0 radical (unpaired) electrons. The van der Waals surface area contributed by atoms with Crippen molar-refractivity contribution in [3.8, 4) is 18.1 Å². The second-order valence-corrected chi connectivity index (χ2v) is 10.0. The van der Waals surface area contributed by atoms with Crippen LogP contribution in [0.2, 0.25) is 0 Å². The number of esters is 1.